The second kappa shape index (κ2) is 5.77. The summed E-state index contributed by atoms with van der Waals surface area (Å²) in [7, 11) is 3.68. The van der Waals surface area contributed by atoms with Gasteiger partial charge in [-0.15, -0.1) is 11.3 Å². The summed E-state index contributed by atoms with van der Waals surface area (Å²) >= 11 is 1.63. The van der Waals surface area contributed by atoms with Gasteiger partial charge in [-0.05, 0) is 30.8 Å². The van der Waals surface area contributed by atoms with Gasteiger partial charge >= 0.3 is 0 Å². The molecule has 3 heterocycles. The third kappa shape index (κ3) is 2.70. The van der Waals surface area contributed by atoms with E-state index >= 15 is 0 Å². The molecule has 114 valence electrons. The van der Waals surface area contributed by atoms with E-state index in [4.69, 9.17) is 0 Å². The maximum Gasteiger partial charge on any atom is 0.237 e. The van der Waals surface area contributed by atoms with Crippen LogP contribution in [0.1, 0.15) is 11.3 Å². The van der Waals surface area contributed by atoms with Gasteiger partial charge in [-0.3, -0.25) is 14.5 Å². The standard InChI is InChI=1S/C15H21N3O2S/c1-16-15(20)12-6-10-8-18(9-13(10)17(12)2)14(19)7-11-4-3-5-21-11/h3-5,10,12-13H,6-9H2,1-2H3,(H,16,20)/t10-,12-,13+/m0/s1. The molecule has 1 aromatic rings. The number of nitrogens with one attached hydrogen (secondary N) is 1. The van der Waals surface area contributed by atoms with E-state index in [0.29, 0.717) is 18.4 Å². The second-order valence-electron chi connectivity index (χ2n) is 5.91. The number of likely N-dealkylation sites (tertiary alicyclic amines) is 2. The highest BCUT2D eigenvalue weighted by atomic mass is 32.1. The van der Waals surface area contributed by atoms with Crippen LogP contribution in [-0.2, 0) is 16.0 Å². The maximum absolute atomic E-state index is 12.4. The predicted molar refractivity (Wildman–Crippen MR) is 82.1 cm³/mol. The molecular weight excluding hydrogens is 286 g/mol. The van der Waals surface area contributed by atoms with Gasteiger partial charge in [0.15, 0.2) is 0 Å². The summed E-state index contributed by atoms with van der Waals surface area (Å²) in [6, 6.07) is 4.26. The van der Waals surface area contributed by atoms with Crippen molar-refractivity contribution in [1.29, 1.82) is 0 Å². The Morgan fingerprint density at radius 2 is 2.24 bits per heavy atom. The predicted octanol–water partition coefficient (Wildman–Crippen LogP) is 0.568. The number of carbonyl (C=O) groups is 2. The van der Waals surface area contributed by atoms with Crippen molar-refractivity contribution in [1.82, 2.24) is 15.1 Å². The van der Waals surface area contributed by atoms with Crippen molar-refractivity contribution in [3.8, 4) is 0 Å². The highest BCUT2D eigenvalue weighted by molar-refractivity contribution is 7.10. The molecule has 0 aromatic carbocycles. The zero-order chi connectivity index (χ0) is 15.0. The third-order valence-corrected chi connectivity index (χ3v) is 5.63. The van der Waals surface area contributed by atoms with Crippen LogP contribution in [-0.4, -0.2) is 60.9 Å². The van der Waals surface area contributed by atoms with Crippen LogP contribution >= 0.6 is 11.3 Å². The molecule has 2 fully saturated rings. The molecule has 0 bridgehead atoms. The molecule has 1 N–H and O–H groups in total. The molecule has 5 nitrogen and oxygen atoms in total. The molecular formula is C15H21N3O2S. The minimum atomic E-state index is -0.0421. The molecule has 6 heteroatoms. The summed E-state index contributed by atoms with van der Waals surface area (Å²) in [6.45, 7) is 1.53. The number of nitrogens with zero attached hydrogens (tertiary/aromatic N) is 2. The van der Waals surface area contributed by atoms with Crippen LogP contribution in [0.2, 0.25) is 0 Å². The van der Waals surface area contributed by atoms with Gasteiger partial charge in [-0.1, -0.05) is 6.07 Å². The van der Waals surface area contributed by atoms with Crippen molar-refractivity contribution >= 4 is 23.2 Å². The van der Waals surface area contributed by atoms with E-state index < -0.39 is 0 Å². The van der Waals surface area contributed by atoms with E-state index in [1.54, 1.807) is 18.4 Å². The van der Waals surface area contributed by atoms with E-state index in [9.17, 15) is 9.59 Å². The van der Waals surface area contributed by atoms with Crippen LogP contribution in [0.5, 0.6) is 0 Å². The van der Waals surface area contributed by atoms with E-state index in [0.717, 1.165) is 24.4 Å². The molecule has 0 spiro atoms. The summed E-state index contributed by atoms with van der Waals surface area (Å²) in [5.74, 6) is 0.713. The summed E-state index contributed by atoms with van der Waals surface area (Å²) in [6.07, 6.45) is 1.35. The topological polar surface area (TPSA) is 52.7 Å². The van der Waals surface area contributed by atoms with Crippen molar-refractivity contribution < 1.29 is 9.59 Å². The summed E-state index contributed by atoms with van der Waals surface area (Å²) in [4.78, 5) is 29.4. The van der Waals surface area contributed by atoms with Gasteiger partial charge in [0.25, 0.3) is 0 Å². The van der Waals surface area contributed by atoms with Gasteiger partial charge in [0.05, 0.1) is 12.5 Å². The summed E-state index contributed by atoms with van der Waals surface area (Å²) in [5.41, 5.74) is 0. The van der Waals surface area contributed by atoms with Crippen LogP contribution in [0.3, 0.4) is 0 Å². The Kier molecular flexibility index (Phi) is 3.99. The molecule has 0 unspecified atom stereocenters. The van der Waals surface area contributed by atoms with Crippen molar-refractivity contribution in [2.24, 2.45) is 5.92 Å². The lowest BCUT2D eigenvalue weighted by atomic mass is 10.0. The van der Waals surface area contributed by atoms with Gasteiger partial charge in [-0.25, -0.2) is 0 Å². The number of thiophene rings is 1. The second-order valence-corrected chi connectivity index (χ2v) is 6.95. The average Bonchev–Trinajstić information content (AvgIpc) is 3.16. The zero-order valence-electron chi connectivity index (χ0n) is 12.4. The van der Waals surface area contributed by atoms with E-state index in [1.807, 2.05) is 29.5 Å². The molecule has 3 rings (SSSR count). The fourth-order valence-electron chi connectivity index (χ4n) is 3.57. The van der Waals surface area contributed by atoms with Crippen molar-refractivity contribution in [3.05, 3.63) is 22.4 Å². The van der Waals surface area contributed by atoms with Gasteiger partial charge in [0.2, 0.25) is 11.8 Å². The van der Waals surface area contributed by atoms with Crippen molar-refractivity contribution in [3.63, 3.8) is 0 Å². The van der Waals surface area contributed by atoms with E-state index in [2.05, 4.69) is 10.2 Å². The molecule has 2 saturated heterocycles. The fourth-order valence-corrected chi connectivity index (χ4v) is 4.26. The van der Waals surface area contributed by atoms with Gasteiger partial charge in [0, 0.05) is 31.1 Å². The van der Waals surface area contributed by atoms with Crippen molar-refractivity contribution in [2.45, 2.75) is 24.9 Å². The van der Waals surface area contributed by atoms with Gasteiger partial charge in [-0.2, -0.15) is 0 Å². The maximum atomic E-state index is 12.4. The Bertz CT molecular complexity index is 531. The third-order valence-electron chi connectivity index (χ3n) is 4.75. The van der Waals surface area contributed by atoms with Crippen LogP contribution < -0.4 is 5.32 Å². The highest BCUT2D eigenvalue weighted by Gasteiger charge is 2.47. The lowest BCUT2D eigenvalue weighted by Gasteiger charge is -2.25. The zero-order valence-corrected chi connectivity index (χ0v) is 13.2. The first kappa shape index (κ1) is 14.5. The average molecular weight is 307 g/mol. The number of hydrogen-bond acceptors (Lipinski definition) is 4. The highest BCUT2D eigenvalue weighted by Crippen LogP contribution is 2.34. The Hall–Kier alpha value is -1.40. The van der Waals surface area contributed by atoms with Crippen molar-refractivity contribution in [2.75, 3.05) is 27.2 Å². The number of amides is 2. The smallest absolute Gasteiger partial charge is 0.237 e. The lowest BCUT2D eigenvalue weighted by molar-refractivity contribution is -0.130. The summed E-state index contributed by atoms with van der Waals surface area (Å²) < 4.78 is 0. The number of hydrogen-bond donors (Lipinski definition) is 1. The summed E-state index contributed by atoms with van der Waals surface area (Å²) in [5, 5.41) is 4.73. The molecule has 0 radical (unpaired) electrons. The van der Waals surface area contributed by atoms with Crippen LogP contribution in [0.25, 0.3) is 0 Å². The molecule has 3 atom stereocenters. The molecule has 0 saturated carbocycles. The number of likely N-dealkylation sites (N-methyl/N-ethyl adjacent to an activating group) is 2. The fraction of sp³-hybridized carbons (Fsp3) is 0.600. The number of fused-ring (bicyclic) bond motifs is 1. The van der Waals surface area contributed by atoms with Crippen LogP contribution in [0.15, 0.2) is 17.5 Å². The largest absolute Gasteiger partial charge is 0.358 e. The Balaban J connectivity index is 1.60. The minimum absolute atomic E-state index is 0.0421. The van der Waals surface area contributed by atoms with Gasteiger partial charge in [0.1, 0.15) is 0 Å². The Morgan fingerprint density at radius 1 is 1.43 bits per heavy atom. The Morgan fingerprint density at radius 3 is 2.86 bits per heavy atom. The molecule has 2 aliphatic rings. The molecule has 2 amide bonds. The quantitative estimate of drug-likeness (QED) is 0.888. The SMILES string of the molecule is CNC(=O)[C@@H]1C[C@H]2CN(C(=O)Cc3cccs3)C[C@H]2N1C. The number of rotatable bonds is 3. The van der Waals surface area contributed by atoms with E-state index in [1.165, 1.54) is 0 Å². The number of carbonyl (C=O) groups excluding carboxylic acids is 2. The van der Waals surface area contributed by atoms with Crippen LogP contribution in [0, 0.1) is 5.92 Å². The molecule has 0 aliphatic carbocycles. The molecule has 1 aromatic heterocycles. The minimum Gasteiger partial charge on any atom is -0.358 e. The van der Waals surface area contributed by atoms with Gasteiger partial charge < -0.3 is 10.2 Å². The lowest BCUT2D eigenvalue weighted by Crippen LogP contribution is -2.45. The first-order valence-electron chi connectivity index (χ1n) is 7.34. The first-order valence-corrected chi connectivity index (χ1v) is 8.21. The van der Waals surface area contributed by atoms with E-state index in [-0.39, 0.29) is 17.9 Å². The van der Waals surface area contributed by atoms with Crippen LogP contribution in [0.4, 0.5) is 0 Å². The monoisotopic (exact) mass is 307 g/mol. The normalized spacial score (nSPS) is 28.7. The first-order chi connectivity index (χ1) is 10.1. The molecule has 21 heavy (non-hydrogen) atoms. The Labute approximate surface area is 128 Å². The molecule has 2 aliphatic heterocycles.